The van der Waals surface area contributed by atoms with E-state index in [2.05, 4.69) is 20.2 Å². The molecule has 2 aromatic carbocycles. The highest BCUT2D eigenvalue weighted by Gasteiger charge is 2.13. The van der Waals surface area contributed by atoms with Crippen molar-refractivity contribution in [2.75, 3.05) is 0 Å². The fraction of sp³-hybridized carbons (Fsp3) is 0.158. The molecule has 0 unspecified atom stereocenters. The summed E-state index contributed by atoms with van der Waals surface area (Å²) in [6.45, 7) is 3.88. The van der Waals surface area contributed by atoms with E-state index in [9.17, 15) is 9.90 Å². The van der Waals surface area contributed by atoms with Crippen molar-refractivity contribution in [1.82, 2.24) is 9.97 Å². The van der Waals surface area contributed by atoms with Crippen LogP contribution in [0.15, 0.2) is 51.0 Å². The first-order valence-electron chi connectivity index (χ1n) is 8.22. The Bertz CT molecular complexity index is 1170. The average molecular weight is 348 g/mol. The number of rotatable bonds is 3. The highest BCUT2D eigenvalue weighted by Crippen LogP contribution is 2.36. The van der Waals surface area contributed by atoms with E-state index in [4.69, 9.17) is 4.42 Å². The number of hydrogen-bond donors (Lipinski definition) is 2. The van der Waals surface area contributed by atoms with E-state index in [1.807, 2.05) is 32.0 Å². The maximum Gasteiger partial charge on any atom is 0.295 e. The Balaban J connectivity index is 1.67. The molecule has 7 heteroatoms. The van der Waals surface area contributed by atoms with Gasteiger partial charge < -0.3 is 14.5 Å². The molecule has 0 fully saturated rings. The first kappa shape index (κ1) is 16.0. The molecule has 0 saturated carbocycles. The fourth-order valence-electron chi connectivity index (χ4n) is 2.79. The van der Waals surface area contributed by atoms with Crippen LogP contribution in [0, 0.1) is 6.92 Å². The zero-order chi connectivity index (χ0) is 18.3. The summed E-state index contributed by atoms with van der Waals surface area (Å²) in [5.74, 6) is -0.0265. The number of aromatic amines is 1. The molecule has 130 valence electrons. The third-order valence-electron chi connectivity index (χ3n) is 4.13. The molecule has 0 radical (unpaired) electrons. The van der Waals surface area contributed by atoms with Crippen LogP contribution in [0.5, 0.6) is 5.88 Å². The maximum absolute atomic E-state index is 12.4. The lowest BCUT2D eigenvalue weighted by atomic mass is 10.1. The predicted molar refractivity (Wildman–Crippen MR) is 96.9 cm³/mol. The number of azo groups is 1. The molecule has 0 saturated heterocycles. The summed E-state index contributed by atoms with van der Waals surface area (Å²) in [5.41, 5.74) is 3.57. The molecule has 4 rings (SSSR count). The van der Waals surface area contributed by atoms with Crippen molar-refractivity contribution in [3.8, 4) is 5.88 Å². The van der Waals surface area contributed by atoms with E-state index in [1.54, 1.807) is 18.2 Å². The molecule has 4 aromatic rings. The summed E-state index contributed by atoms with van der Waals surface area (Å²) in [6, 6.07) is 10.6. The maximum atomic E-state index is 12.4. The van der Waals surface area contributed by atoms with Crippen molar-refractivity contribution in [3.05, 3.63) is 53.4 Å². The zero-order valence-corrected chi connectivity index (χ0v) is 14.3. The third kappa shape index (κ3) is 2.73. The van der Waals surface area contributed by atoms with Gasteiger partial charge in [-0.1, -0.05) is 18.6 Å². The van der Waals surface area contributed by atoms with E-state index in [0.29, 0.717) is 34.4 Å². The van der Waals surface area contributed by atoms with Crippen LogP contribution in [-0.2, 0) is 6.42 Å². The SMILES string of the molecule is CCc1nc2cc(C(=O)N=Nc3c(O)[nH]c4ccc(C)cc34)ccc2o1. The number of H-pyrrole nitrogens is 1. The van der Waals surface area contributed by atoms with E-state index in [1.165, 1.54) is 0 Å². The number of aromatic hydroxyl groups is 1. The van der Waals surface area contributed by atoms with Gasteiger partial charge in [0.05, 0.1) is 5.52 Å². The first-order valence-corrected chi connectivity index (χ1v) is 8.22. The number of hydrogen-bond acceptors (Lipinski definition) is 5. The topological polar surface area (TPSA) is 104 Å². The summed E-state index contributed by atoms with van der Waals surface area (Å²) < 4.78 is 5.53. The minimum absolute atomic E-state index is 0.123. The number of aryl methyl sites for hydroxylation is 2. The van der Waals surface area contributed by atoms with E-state index in [0.717, 1.165) is 11.1 Å². The van der Waals surface area contributed by atoms with E-state index < -0.39 is 5.91 Å². The van der Waals surface area contributed by atoms with Gasteiger partial charge in [0, 0.05) is 17.4 Å². The van der Waals surface area contributed by atoms with Crippen molar-refractivity contribution in [1.29, 1.82) is 0 Å². The molecule has 0 atom stereocenters. The number of benzene rings is 2. The number of aromatic nitrogens is 2. The lowest BCUT2D eigenvalue weighted by molar-refractivity contribution is 0.0995. The molecule has 2 aromatic heterocycles. The first-order chi connectivity index (χ1) is 12.5. The van der Waals surface area contributed by atoms with Gasteiger partial charge in [-0.15, -0.1) is 10.2 Å². The third-order valence-corrected chi connectivity index (χ3v) is 4.13. The van der Waals surface area contributed by atoms with Crippen molar-refractivity contribution in [2.24, 2.45) is 10.2 Å². The summed E-state index contributed by atoms with van der Waals surface area (Å²) in [7, 11) is 0. The van der Waals surface area contributed by atoms with Gasteiger partial charge in [-0.25, -0.2) is 4.98 Å². The number of carbonyl (C=O) groups excluding carboxylic acids is 1. The molecule has 7 nitrogen and oxygen atoms in total. The largest absolute Gasteiger partial charge is 0.493 e. The fourth-order valence-corrected chi connectivity index (χ4v) is 2.79. The van der Waals surface area contributed by atoms with Crippen LogP contribution < -0.4 is 0 Å². The Labute approximate surface area is 148 Å². The molecule has 0 spiro atoms. The molecule has 0 aliphatic rings. The Hall–Kier alpha value is -3.48. The van der Waals surface area contributed by atoms with Gasteiger partial charge in [0.1, 0.15) is 5.52 Å². The van der Waals surface area contributed by atoms with Gasteiger partial charge in [-0.3, -0.25) is 4.79 Å². The van der Waals surface area contributed by atoms with Crippen molar-refractivity contribution in [2.45, 2.75) is 20.3 Å². The molecule has 26 heavy (non-hydrogen) atoms. The molecule has 1 amide bonds. The van der Waals surface area contributed by atoms with E-state index in [-0.39, 0.29) is 11.6 Å². The van der Waals surface area contributed by atoms with Gasteiger partial charge in [-0.2, -0.15) is 0 Å². The second-order valence-corrected chi connectivity index (χ2v) is 6.02. The van der Waals surface area contributed by atoms with Gasteiger partial charge >= 0.3 is 0 Å². The highest BCUT2D eigenvalue weighted by atomic mass is 16.3. The van der Waals surface area contributed by atoms with Crippen LogP contribution in [-0.4, -0.2) is 21.0 Å². The monoisotopic (exact) mass is 348 g/mol. The lowest BCUT2D eigenvalue weighted by Crippen LogP contribution is -1.93. The molecular formula is C19H16N4O3. The summed E-state index contributed by atoms with van der Waals surface area (Å²) >= 11 is 0. The number of carbonyl (C=O) groups is 1. The number of amides is 1. The second-order valence-electron chi connectivity index (χ2n) is 6.02. The van der Waals surface area contributed by atoms with Crippen LogP contribution in [0.25, 0.3) is 22.0 Å². The second kappa shape index (κ2) is 6.11. The smallest absolute Gasteiger partial charge is 0.295 e. The molecule has 0 aliphatic carbocycles. The normalized spacial score (nSPS) is 11.8. The van der Waals surface area contributed by atoms with Crippen molar-refractivity contribution >= 4 is 33.6 Å². The minimum Gasteiger partial charge on any atom is -0.493 e. The van der Waals surface area contributed by atoms with Crippen LogP contribution in [0.2, 0.25) is 0 Å². The van der Waals surface area contributed by atoms with E-state index >= 15 is 0 Å². The van der Waals surface area contributed by atoms with Gasteiger partial charge in [0.15, 0.2) is 17.2 Å². The molecule has 2 heterocycles. The number of nitrogens with zero attached hydrogens (tertiary/aromatic N) is 3. The zero-order valence-electron chi connectivity index (χ0n) is 14.3. The number of fused-ring (bicyclic) bond motifs is 2. The van der Waals surface area contributed by atoms with Crippen molar-refractivity contribution in [3.63, 3.8) is 0 Å². The van der Waals surface area contributed by atoms with Gasteiger partial charge in [0.2, 0.25) is 5.88 Å². The average Bonchev–Trinajstić information content (AvgIpc) is 3.18. The quantitative estimate of drug-likeness (QED) is 0.518. The van der Waals surface area contributed by atoms with Gasteiger partial charge in [-0.05, 0) is 37.3 Å². The molecule has 2 N–H and O–H groups in total. The Kier molecular flexibility index (Phi) is 3.76. The molecule has 0 aliphatic heterocycles. The summed E-state index contributed by atoms with van der Waals surface area (Å²) in [5, 5.41) is 18.5. The lowest BCUT2D eigenvalue weighted by Gasteiger charge is -1.95. The summed E-state index contributed by atoms with van der Waals surface area (Å²) in [4.78, 5) is 19.5. The summed E-state index contributed by atoms with van der Waals surface area (Å²) in [6.07, 6.45) is 0.678. The predicted octanol–water partition coefficient (Wildman–Crippen LogP) is 4.81. The minimum atomic E-state index is -0.519. The molecular weight excluding hydrogens is 332 g/mol. The van der Waals surface area contributed by atoms with Crippen LogP contribution in [0.4, 0.5) is 5.69 Å². The van der Waals surface area contributed by atoms with Crippen LogP contribution in [0.3, 0.4) is 0 Å². The van der Waals surface area contributed by atoms with Gasteiger partial charge in [0.25, 0.3) is 5.91 Å². The number of nitrogens with one attached hydrogen (secondary N) is 1. The molecule has 0 bridgehead atoms. The standard InChI is InChI=1S/C19H16N4O3/c1-3-16-20-14-9-11(5-7-15(14)26-16)18(24)23-22-17-12-8-10(2)4-6-13(12)21-19(17)25/h4-9,21,25H,3H2,1-2H3. The van der Waals surface area contributed by atoms with Crippen LogP contribution >= 0.6 is 0 Å². The Morgan fingerprint density at radius 3 is 2.92 bits per heavy atom. The Morgan fingerprint density at radius 2 is 2.12 bits per heavy atom. The van der Waals surface area contributed by atoms with Crippen molar-refractivity contribution < 1.29 is 14.3 Å². The highest BCUT2D eigenvalue weighted by molar-refractivity contribution is 5.98. The Morgan fingerprint density at radius 1 is 1.27 bits per heavy atom. The van der Waals surface area contributed by atoms with Crippen LogP contribution in [0.1, 0.15) is 28.7 Å². The number of oxazole rings is 1.